The fourth-order valence-corrected chi connectivity index (χ4v) is 2.73. The van der Waals surface area contributed by atoms with Crippen molar-refractivity contribution in [3.8, 4) is 10.6 Å². The lowest BCUT2D eigenvalue weighted by atomic mass is 10.2. The number of aryl methyl sites for hydroxylation is 2. The van der Waals surface area contributed by atoms with Crippen LogP contribution >= 0.6 is 11.3 Å². The Morgan fingerprint density at radius 2 is 2.25 bits per heavy atom. The minimum atomic E-state index is 0.864. The van der Waals surface area contributed by atoms with Gasteiger partial charge >= 0.3 is 0 Å². The van der Waals surface area contributed by atoms with E-state index < -0.39 is 0 Å². The van der Waals surface area contributed by atoms with Crippen molar-refractivity contribution in [1.82, 2.24) is 15.1 Å². The Morgan fingerprint density at radius 1 is 1.44 bits per heavy atom. The van der Waals surface area contributed by atoms with Crippen LogP contribution in [0.2, 0.25) is 0 Å². The summed E-state index contributed by atoms with van der Waals surface area (Å²) in [5.74, 6) is 0. The molecule has 0 saturated heterocycles. The number of nitrogens with one attached hydrogen (secondary N) is 1. The van der Waals surface area contributed by atoms with Gasteiger partial charge in [-0.05, 0) is 25.6 Å². The lowest BCUT2D eigenvalue weighted by Crippen LogP contribution is -2.04. The molecule has 0 aliphatic carbocycles. The van der Waals surface area contributed by atoms with Gasteiger partial charge in [0.05, 0.1) is 4.88 Å². The monoisotopic (exact) mass is 235 g/mol. The van der Waals surface area contributed by atoms with Crippen LogP contribution < -0.4 is 5.32 Å². The van der Waals surface area contributed by atoms with Crippen molar-refractivity contribution in [2.24, 2.45) is 7.05 Å². The lowest BCUT2D eigenvalue weighted by molar-refractivity contribution is 0.766. The van der Waals surface area contributed by atoms with E-state index in [1.807, 2.05) is 30.1 Å². The molecular formula is C12H17N3S. The van der Waals surface area contributed by atoms with Crippen LogP contribution in [-0.4, -0.2) is 16.8 Å². The van der Waals surface area contributed by atoms with Crippen molar-refractivity contribution in [2.75, 3.05) is 7.05 Å². The third kappa shape index (κ3) is 2.18. The van der Waals surface area contributed by atoms with Gasteiger partial charge in [0.2, 0.25) is 0 Å². The standard InChI is InChI=1S/C12H17N3S/c1-4-10-5-6-11(16-10)12-9(7-13-2)8-15(3)14-12/h5-6,8,13H,4,7H2,1-3H3. The van der Waals surface area contributed by atoms with E-state index in [1.54, 1.807) is 0 Å². The van der Waals surface area contributed by atoms with Gasteiger partial charge in [-0.3, -0.25) is 4.68 Å². The summed E-state index contributed by atoms with van der Waals surface area (Å²) in [6.07, 6.45) is 3.18. The quantitative estimate of drug-likeness (QED) is 0.882. The number of thiophene rings is 1. The maximum Gasteiger partial charge on any atom is 0.107 e. The number of hydrogen-bond donors (Lipinski definition) is 1. The Hall–Kier alpha value is -1.13. The highest BCUT2D eigenvalue weighted by molar-refractivity contribution is 7.15. The zero-order valence-electron chi connectivity index (χ0n) is 9.95. The third-order valence-corrected chi connectivity index (χ3v) is 3.75. The summed E-state index contributed by atoms with van der Waals surface area (Å²) in [4.78, 5) is 2.68. The van der Waals surface area contributed by atoms with Gasteiger partial charge < -0.3 is 5.32 Å². The van der Waals surface area contributed by atoms with Gasteiger partial charge in [-0.2, -0.15) is 5.10 Å². The summed E-state index contributed by atoms with van der Waals surface area (Å²) >= 11 is 1.84. The molecule has 1 N–H and O–H groups in total. The second kappa shape index (κ2) is 4.80. The normalized spacial score (nSPS) is 10.9. The summed E-state index contributed by atoms with van der Waals surface area (Å²) in [7, 11) is 3.93. The Bertz CT molecular complexity index is 470. The number of nitrogens with zero attached hydrogens (tertiary/aromatic N) is 2. The molecule has 2 aromatic heterocycles. The molecule has 0 fully saturated rings. The first-order chi connectivity index (χ1) is 7.74. The second-order valence-electron chi connectivity index (χ2n) is 3.83. The molecule has 2 aromatic rings. The first kappa shape index (κ1) is 11.4. The van der Waals surface area contributed by atoms with Crippen LogP contribution in [0.4, 0.5) is 0 Å². The molecule has 3 nitrogen and oxygen atoms in total. The molecule has 0 amide bonds. The number of rotatable bonds is 4. The molecule has 0 aliphatic heterocycles. The predicted molar refractivity (Wildman–Crippen MR) is 68.7 cm³/mol. The van der Waals surface area contributed by atoms with E-state index in [9.17, 15) is 0 Å². The molecule has 0 saturated carbocycles. The van der Waals surface area contributed by atoms with E-state index >= 15 is 0 Å². The summed E-state index contributed by atoms with van der Waals surface area (Å²) in [6.45, 7) is 3.05. The van der Waals surface area contributed by atoms with Crippen molar-refractivity contribution < 1.29 is 0 Å². The van der Waals surface area contributed by atoms with Gasteiger partial charge in [0.25, 0.3) is 0 Å². The molecule has 0 spiro atoms. The van der Waals surface area contributed by atoms with Gasteiger partial charge in [-0.1, -0.05) is 6.92 Å². The summed E-state index contributed by atoms with van der Waals surface area (Å²) in [5, 5.41) is 7.71. The Balaban J connectivity index is 2.37. The zero-order chi connectivity index (χ0) is 11.5. The second-order valence-corrected chi connectivity index (χ2v) is 4.99. The van der Waals surface area contributed by atoms with E-state index in [0.29, 0.717) is 0 Å². The van der Waals surface area contributed by atoms with Crippen LogP contribution in [0.1, 0.15) is 17.4 Å². The Kier molecular flexibility index (Phi) is 3.41. The molecule has 2 rings (SSSR count). The molecule has 2 heterocycles. The first-order valence-corrected chi connectivity index (χ1v) is 6.32. The largest absolute Gasteiger partial charge is 0.316 e. The Labute approximate surface area is 100 Å². The molecule has 0 atom stereocenters. The highest BCUT2D eigenvalue weighted by atomic mass is 32.1. The van der Waals surface area contributed by atoms with Gasteiger partial charge in [-0.25, -0.2) is 0 Å². The van der Waals surface area contributed by atoms with Crippen LogP contribution in [0.15, 0.2) is 18.3 Å². The molecule has 16 heavy (non-hydrogen) atoms. The minimum Gasteiger partial charge on any atom is -0.316 e. The molecule has 4 heteroatoms. The summed E-state index contributed by atoms with van der Waals surface area (Å²) < 4.78 is 1.88. The maximum atomic E-state index is 4.53. The van der Waals surface area contributed by atoms with Crippen molar-refractivity contribution in [1.29, 1.82) is 0 Å². The van der Waals surface area contributed by atoms with Crippen LogP contribution in [0.25, 0.3) is 10.6 Å². The van der Waals surface area contributed by atoms with Crippen LogP contribution in [0.3, 0.4) is 0 Å². The molecule has 0 unspecified atom stereocenters. The average Bonchev–Trinajstić information content (AvgIpc) is 2.85. The van der Waals surface area contributed by atoms with Gasteiger partial charge in [-0.15, -0.1) is 11.3 Å². The first-order valence-electron chi connectivity index (χ1n) is 5.50. The van der Waals surface area contributed by atoms with Crippen molar-refractivity contribution in [2.45, 2.75) is 19.9 Å². The van der Waals surface area contributed by atoms with Crippen LogP contribution in [0.5, 0.6) is 0 Å². The SMILES string of the molecule is CCc1ccc(-c2nn(C)cc2CNC)s1. The lowest BCUT2D eigenvalue weighted by Gasteiger charge is -1.97. The van der Waals surface area contributed by atoms with Gasteiger partial charge in [0.15, 0.2) is 0 Å². The number of aromatic nitrogens is 2. The fourth-order valence-electron chi connectivity index (χ4n) is 1.76. The minimum absolute atomic E-state index is 0.864. The third-order valence-electron chi connectivity index (χ3n) is 2.52. The molecule has 86 valence electrons. The van der Waals surface area contributed by atoms with E-state index in [2.05, 4.69) is 35.7 Å². The average molecular weight is 235 g/mol. The molecule has 0 bridgehead atoms. The Morgan fingerprint density at radius 3 is 2.88 bits per heavy atom. The highest BCUT2D eigenvalue weighted by Gasteiger charge is 2.11. The van der Waals surface area contributed by atoms with Crippen molar-refractivity contribution >= 4 is 11.3 Å². The topological polar surface area (TPSA) is 29.9 Å². The van der Waals surface area contributed by atoms with Crippen LogP contribution in [0, 0.1) is 0 Å². The zero-order valence-corrected chi connectivity index (χ0v) is 10.8. The fraction of sp³-hybridized carbons (Fsp3) is 0.417. The smallest absolute Gasteiger partial charge is 0.107 e. The van der Waals surface area contributed by atoms with E-state index in [4.69, 9.17) is 0 Å². The van der Waals surface area contributed by atoms with Gasteiger partial charge in [0, 0.05) is 30.2 Å². The van der Waals surface area contributed by atoms with E-state index in [1.165, 1.54) is 15.3 Å². The highest BCUT2D eigenvalue weighted by Crippen LogP contribution is 2.29. The molecule has 0 aromatic carbocycles. The number of hydrogen-bond acceptors (Lipinski definition) is 3. The summed E-state index contributed by atoms with van der Waals surface area (Å²) in [5.41, 5.74) is 2.37. The van der Waals surface area contributed by atoms with E-state index in [-0.39, 0.29) is 0 Å². The maximum absolute atomic E-state index is 4.53. The van der Waals surface area contributed by atoms with Crippen molar-refractivity contribution in [3.63, 3.8) is 0 Å². The molecular weight excluding hydrogens is 218 g/mol. The van der Waals surface area contributed by atoms with E-state index in [0.717, 1.165) is 18.7 Å². The van der Waals surface area contributed by atoms with Gasteiger partial charge in [0.1, 0.15) is 5.69 Å². The predicted octanol–water partition coefficient (Wildman–Crippen LogP) is 2.43. The molecule has 0 aliphatic rings. The molecule has 0 radical (unpaired) electrons. The van der Waals surface area contributed by atoms with Crippen molar-refractivity contribution in [3.05, 3.63) is 28.8 Å². The summed E-state index contributed by atoms with van der Waals surface area (Å²) in [6, 6.07) is 4.36. The van der Waals surface area contributed by atoms with Crippen LogP contribution in [-0.2, 0) is 20.0 Å².